The van der Waals surface area contributed by atoms with E-state index in [1.165, 1.54) is 14.0 Å². The van der Waals surface area contributed by atoms with E-state index in [9.17, 15) is 9.59 Å². The molecular weight excluding hydrogens is 398 g/mol. The Morgan fingerprint density at radius 3 is 2.42 bits per heavy atom. The Morgan fingerprint density at radius 2 is 1.81 bits per heavy atom. The van der Waals surface area contributed by atoms with Crippen LogP contribution in [0.5, 0.6) is 5.75 Å². The Bertz CT molecular complexity index is 778. The van der Waals surface area contributed by atoms with Gasteiger partial charge in [-0.25, -0.2) is 0 Å². The Balaban J connectivity index is 1.99. The van der Waals surface area contributed by atoms with Crippen LogP contribution in [0.15, 0.2) is 46.9 Å². The number of halogens is 1. The van der Waals surface area contributed by atoms with Crippen LogP contribution >= 0.6 is 15.9 Å². The number of likely N-dealkylation sites (N-methyl/N-ethyl adjacent to an activating group) is 1. The molecule has 0 aliphatic rings. The van der Waals surface area contributed by atoms with Crippen molar-refractivity contribution >= 4 is 39.1 Å². The number of methoxy groups -OCH3 is 1. The van der Waals surface area contributed by atoms with E-state index in [0.29, 0.717) is 23.7 Å². The van der Waals surface area contributed by atoms with Crippen LogP contribution in [0.1, 0.15) is 12.5 Å². The summed E-state index contributed by atoms with van der Waals surface area (Å²) in [6.45, 7) is 2.48. The van der Waals surface area contributed by atoms with Crippen molar-refractivity contribution in [2.75, 3.05) is 31.3 Å². The monoisotopic (exact) mass is 420 g/mol. The number of ether oxygens (including phenoxy) is 1. The Morgan fingerprint density at radius 1 is 1.12 bits per heavy atom. The van der Waals surface area contributed by atoms with Crippen LogP contribution in [0.25, 0.3) is 0 Å². The zero-order valence-electron chi connectivity index (χ0n) is 15.1. The molecule has 0 spiro atoms. The van der Waals surface area contributed by atoms with Crippen LogP contribution in [-0.2, 0) is 16.1 Å². The van der Waals surface area contributed by atoms with Crippen molar-refractivity contribution in [1.82, 2.24) is 0 Å². The van der Waals surface area contributed by atoms with E-state index in [1.807, 2.05) is 31.3 Å². The van der Waals surface area contributed by atoms with Crippen molar-refractivity contribution in [3.05, 3.63) is 52.5 Å². The minimum absolute atomic E-state index is 0.127. The van der Waals surface area contributed by atoms with E-state index in [-0.39, 0.29) is 11.8 Å². The molecule has 2 amide bonds. The van der Waals surface area contributed by atoms with Crippen LogP contribution in [0.3, 0.4) is 0 Å². The second-order valence-corrected chi connectivity index (χ2v) is 7.00. The van der Waals surface area contributed by atoms with Crippen molar-refractivity contribution in [1.29, 1.82) is 0 Å². The average Bonchev–Trinajstić information content (AvgIpc) is 2.56. The zero-order chi connectivity index (χ0) is 19.1. The van der Waals surface area contributed by atoms with Gasteiger partial charge in [0.25, 0.3) is 5.91 Å². The first-order valence-electron chi connectivity index (χ1n) is 8.18. The van der Waals surface area contributed by atoms with Crippen LogP contribution < -0.4 is 20.3 Å². The molecule has 3 N–H and O–H groups in total. The normalized spacial score (nSPS) is 11.5. The minimum Gasteiger partial charge on any atom is -0.495 e. The summed E-state index contributed by atoms with van der Waals surface area (Å²) in [6, 6.07) is 13.2. The van der Waals surface area contributed by atoms with E-state index in [1.54, 1.807) is 18.2 Å². The highest BCUT2D eigenvalue weighted by molar-refractivity contribution is 9.10. The lowest BCUT2D eigenvalue weighted by Crippen LogP contribution is -3.08. The molecule has 0 heterocycles. The molecule has 0 fully saturated rings. The smallest absolute Gasteiger partial charge is 0.279 e. The number of rotatable bonds is 7. The number of carbonyl (C=O) groups excluding carboxylic acids is 2. The molecule has 0 aliphatic carbocycles. The summed E-state index contributed by atoms with van der Waals surface area (Å²) in [6.07, 6.45) is 0. The second-order valence-electron chi connectivity index (χ2n) is 6.08. The Kier molecular flexibility index (Phi) is 7.17. The van der Waals surface area contributed by atoms with Crippen LogP contribution in [0, 0.1) is 0 Å². The third-order valence-electron chi connectivity index (χ3n) is 3.68. The number of amides is 2. The molecule has 1 unspecified atom stereocenters. The van der Waals surface area contributed by atoms with E-state index < -0.39 is 0 Å². The standard InChI is InChI=1S/C19H22BrN3O3/c1-13(24)21-16-8-9-18(26-3)17(10-16)22-19(25)12-23(2)11-14-4-6-15(20)7-5-14/h4-10H,11-12H2,1-3H3,(H,21,24)(H,22,25)/p+1. The van der Waals surface area contributed by atoms with Gasteiger partial charge in [-0.1, -0.05) is 28.1 Å². The number of hydrogen-bond donors (Lipinski definition) is 3. The lowest BCUT2D eigenvalue weighted by molar-refractivity contribution is -0.885. The van der Waals surface area contributed by atoms with Gasteiger partial charge < -0.3 is 20.3 Å². The molecule has 0 bridgehead atoms. The number of carbonyl (C=O) groups is 2. The summed E-state index contributed by atoms with van der Waals surface area (Å²) in [4.78, 5) is 24.6. The zero-order valence-corrected chi connectivity index (χ0v) is 16.6. The molecule has 2 aromatic carbocycles. The third kappa shape index (κ3) is 6.16. The first kappa shape index (κ1) is 19.9. The fourth-order valence-electron chi connectivity index (χ4n) is 2.57. The molecule has 0 aliphatic heterocycles. The van der Waals surface area contributed by atoms with Gasteiger partial charge in [0.2, 0.25) is 5.91 Å². The average molecular weight is 421 g/mol. The van der Waals surface area contributed by atoms with Gasteiger partial charge in [-0.3, -0.25) is 9.59 Å². The van der Waals surface area contributed by atoms with Crippen molar-refractivity contribution in [2.24, 2.45) is 0 Å². The molecule has 138 valence electrons. The summed E-state index contributed by atoms with van der Waals surface area (Å²) < 4.78 is 6.31. The van der Waals surface area contributed by atoms with Crippen molar-refractivity contribution in [2.45, 2.75) is 13.5 Å². The van der Waals surface area contributed by atoms with Crippen LogP contribution in [-0.4, -0.2) is 32.5 Å². The molecule has 2 rings (SSSR count). The number of hydrogen-bond acceptors (Lipinski definition) is 3. The molecule has 6 nitrogen and oxygen atoms in total. The first-order chi connectivity index (χ1) is 12.4. The largest absolute Gasteiger partial charge is 0.495 e. The van der Waals surface area contributed by atoms with E-state index in [2.05, 4.69) is 26.6 Å². The molecule has 0 saturated heterocycles. The fraction of sp³-hybridized carbons (Fsp3) is 0.263. The molecule has 1 atom stereocenters. The molecule has 2 aromatic rings. The van der Waals surface area contributed by atoms with Gasteiger partial charge in [-0.2, -0.15) is 0 Å². The Hall–Kier alpha value is -2.38. The molecular formula is C19H23BrN3O3+. The van der Waals surface area contributed by atoms with E-state index in [4.69, 9.17) is 4.74 Å². The first-order valence-corrected chi connectivity index (χ1v) is 8.98. The summed E-state index contributed by atoms with van der Waals surface area (Å²) in [5.74, 6) is 0.238. The van der Waals surface area contributed by atoms with Crippen molar-refractivity contribution in [3.63, 3.8) is 0 Å². The van der Waals surface area contributed by atoms with Gasteiger partial charge in [0.15, 0.2) is 6.54 Å². The maximum absolute atomic E-state index is 12.4. The van der Waals surface area contributed by atoms with Gasteiger partial charge in [0.05, 0.1) is 19.8 Å². The number of quaternary nitrogens is 1. The highest BCUT2D eigenvalue weighted by Gasteiger charge is 2.14. The summed E-state index contributed by atoms with van der Waals surface area (Å²) in [5, 5.41) is 5.55. The fourth-order valence-corrected chi connectivity index (χ4v) is 2.83. The SMILES string of the molecule is COc1ccc(NC(C)=O)cc1NC(=O)C[NH+](C)Cc1ccc(Br)cc1. The number of nitrogens with one attached hydrogen (secondary N) is 3. The van der Waals surface area contributed by atoms with Crippen molar-refractivity contribution in [3.8, 4) is 5.75 Å². The molecule has 26 heavy (non-hydrogen) atoms. The molecule has 7 heteroatoms. The van der Waals surface area contributed by atoms with Gasteiger partial charge >= 0.3 is 0 Å². The molecule has 0 radical (unpaired) electrons. The maximum Gasteiger partial charge on any atom is 0.279 e. The Labute approximate surface area is 161 Å². The second kappa shape index (κ2) is 9.35. The van der Waals surface area contributed by atoms with Crippen molar-refractivity contribution < 1.29 is 19.2 Å². The van der Waals surface area contributed by atoms with Gasteiger partial charge in [-0.05, 0) is 30.3 Å². The highest BCUT2D eigenvalue weighted by atomic mass is 79.9. The van der Waals surface area contributed by atoms with Gasteiger partial charge in [0.1, 0.15) is 12.3 Å². The van der Waals surface area contributed by atoms with Crippen LogP contribution in [0.2, 0.25) is 0 Å². The molecule has 0 aromatic heterocycles. The highest BCUT2D eigenvalue weighted by Crippen LogP contribution is 2.27. The van der Waals surface area contributed by atoms with Gasteiger partial charge in [0, 0.05) is 22.6 Å². The quantitative estimate of drug-likeness (QED) is 0.641. The molecule has 0 saturated carbocycles. The predicted molar refractivity (Wildman–Crippen MR) is 106 cm³/mol. The topological polar surface area (TPSA) is 71.9 Å². The maximum atomic E-state index is 12.4. The predicted octanol–water partition coefficient (Wildman–Crippen LogP) is 2.07. The lowest BCUT2D eigenvalue weighted by atomic mass is 10.2. The number of anilines is 2. The number of benzene rings is 2. The van der Waals surface area contributed by atoms with Crippen LogP contribution in [0.4, 0.5) is 11.4 Å². The third-order valence-corrected chi connectivity index (χ3v) is 4.20. The van der Waals surface area contributed by atoms with E-state index >= 15 is 0 Å². The lowest BCUT2D eigenvalue weighted by Gasteiger charge is -2.16. The summed E-state index contributed by atoms with van der Waals surface area (Å²) >= 11 is 3.41. The summed E-state index contributed by atoms with van der Waals surface area (Å²) in [7, 11) is 3.50. The van der Waals surface area contributed by atoms with E-state index in [0.717, 1.165) is 21.5 Å². The minimum atomic E-state index is -0.175. The van der Waals surface area contributed by atoms with Gasteiger partial charge in [-0.15, -0.1) is 0 Å². The summed E-state index contributed by atoms with van der Waals surface area (Å²) in [5.41, 5.74) is 2.29.